The zero-order chi connectivity index (χ0) is 16.8. The lowest BCUT2D eigenvalue weighted by molar-refractivity contribution is -0.119. The van der Waals surface area contributed by atoms with Crippen LogP contribution in [0.1, 0.15) is 32.1 Å². The highest BCUT2D eigenvalue weighted by Crippen LogP contribution is 2.21. The predicted molar refractivity (Wildman–Crippen MR) is 93.2 cm³/mol. The Bertz CT molecular complexity index is 670. The average molecular weight is 345 g/mol. The van der Waals surface area contributed by atoms with Gasteiger partial charge in [-0.25, -0.2) is 4.39 Å². The molecule has 1 aliphatic carbocycles. The number of amides is 1. The summed E-state index contributed by atoms with van der Waals surface area (Å²) in [6, 6.07) is 10.1. The van der Waals surface area contributed by atoms with E-state index in [1.54, 1.807) is 12.1 Å². The maximum absolute atomic E-state index is 12.9. The molecule has 1 saturated carbocycles. The molecule has 126 valence electrons. The molecule has 0 unspecified atom stereocenters. The van der Waals surface area contributed by atoms with E-state index in [1.165, 1.54) is 43.2 Å². The first kappa shape index (κ1) is 16.9. The molecule has 1 heterocycles. The lowest BCUT2D eigenvalue weighted by Gasteiger charge is -2.22. The summed E-state index contributed by atoms with van der Waals surface area (Å²) in [6.45, 7) is 0. The van der Waals surface area contributed by atoms with Gasteiger partial charge in [0.25, 0.3) is 0 Å². The lowest BCUT2D eigenvalue weighted by Crippen LogP contribution is -2.37. The number of thioether (sulfide) groups is 1. The molecule has 4 nitrogen and oxygen atoms in total. The average Bonchev–Trinajstić information content (AvgIpc) is 2.62. The van der Waals surface area contributed by atoms with Gasteiger partial charge in [-0.15, -0.1) is 10.2 Å². The van der Waals surface area contributed by atoms with Gasteiger partial charge in [-0.2, -0.15) is 0 Å². The molecule has 1 amide bonds. The minimum Gasteiger partial charge on any atom is -0.353 e. The fourth-order valence-electron chi connectivity index (χ4n) is 2.83. The van der Waals surface area contributed by atoms with Gasteiger partial charge in [0.2, 0.25) is 5.91 Å². The van der Waals surface area contributed by atoms with Crippen LogP contribution >= 0.6 is 11.8 Å². The van der Waals surface area contributed by atoms with Gasteiger partial charge in [-0.1, -0.05) is 31.0 Å². The summed E-state index contributed by atoms with van der Waals surface area (Å²) in [4.78, 5) is 12.0. The summed E-state index contributed by atoms with van der Waals surface area (Å²) in [5, 5.41) is 12.1. The minimum atomic E-state index is -0.275. The lowest BCUT2D eigenvalue weighted by atomic mass is 9.95. The van der Waals surface area contributed by atoms with Crippen molar-refractivity contribution in [3.63, 3.8) is 0 Å². The van der Waals surface area contributed by atoms with E-state index in [4.69, 9.17) is 0 Å². The Hall–Kier alpha value is -1.95. The molecule has 0 atom stereocenters. The molecule has 1 N–H and O–H groups in total. The Morgan fingerprint density at radius 2 is 1.83 bits per heavy atom. The number of carbonyl (C=O) groups is 1. The van der Waals surface area contributed by atoms with E-state index in [2.05, 4.69) is 15.5 Å². The molecule has 0 aliphatic heterocycles. The van der Waals surface area contributed by atoms with Crippen molar-refractivity contribution in [2.75, 3.05) is 5.75 Å². The van der Waals surface area contributed by atoms with Gasteiger partial charge < -0.3 is 5.32 Å². The molecule has 0 spiro atoms. The van der Waals surface area contributed by atoms with Crippen molar-refractivity contribution in [2.24, 2.45) is 0 Å². The summed E-state index contributed by atoms with van der Waals surface area (Å²) in [5.74, 6) is 0.125. The Morgan fingerprint density at radius 1 is 1.08 bits per heavy atom. The van der Waals surface area contributed by atoms with Gasteiger partial charge in [0.1, 0.15) is 10.8 Å². The van der Waals surface area contributed by atoms with E-state index in [0.29, 0.717) is 22.5 Å². The number of carbonyl (C=O) groups excluding carboxylic acids is 1. The van der Waals surface area contributed by atoms with Crippen LogP contribution in [0.15, 0.2) is 41.4 Å². The second kappa shape index (κ2) is 8.24. The molecule has 1 aromatic carbocycles. The highest BCUT2D eigenvalue weighted by molar-refractivity contribution is 7.99. The van der Waals surface area contributed by atoms with E-state index >= 15 is 0 Å². The number of nitrogens with zero attached hydrogens (tertiary/aromatic N) is 2. The molecule has 2 aromatic rings. The molecular formula is C18H20FN3OS. The van der Waals surface area contributed by atoms with Gasteiger partial charge in [-0.3, -0.25) is 4.79 Å². The summed E-state index contributed by atoms with van der Waals surface area (Å²) in [7, 11) is 0. The normalized spacial score (nSPS) is 15.2. The molecular weight excluding hydrogens is 325 g/mol. The van der Waals surface area contributed by atoms with Crippen molar-refractivity contribution < 1.29 is 9.18 Å². The Labute approximate surface area is 145 Å². The second-order valence-corrected chi connectivity index (χ2v) is 6.95. The first-order valence-electron chi connectivity index (χ1n) is 8.22. The van der Waals surface area contributed by atoms with E-state index in [1.807, 2.05) is 12.1 Å². The number of aromatic nitrogens is 2. The molecule has 0 bridgehead atoms. The standard InChI is InChI=1S/C18H20FN3OS/c19-14-8-6-13(7-9-14)16-10-11-18(22-21-16)24-12-17(23)20-15-4-2-1-3-5-15/h6-11,15H,1-5,12H2,(H,20,23). The van der Waals surface area contributed by atoms with Gasteiger partial charge >= 0.3 is 0 Å². The van der Waals surface area contributed by atoms with Crippen molar-refractivity contribution >= 4 is 17.7 Å². The van der Waals surface area contributed by atoms with Crippen molar-refractivity contribution in [2.45, 2.75) is 43.2 Å². The summed E-state index contributed by atoms with van der Waals surface area (Å²) in [5.41, 5.74) is 1.50. The Morgan fingerprint density at radius 3 is 2.50 bits per heavy atom. The van der Waals surface area contributed by atoms with Crippen LogP contribution in [0.5, 0.6) is 0 Å². The van der Waals surface area contributed by atoms with Crippen LogP contribution in [0.2, 0.25) is 0 Å². The summed E-state index contributed by atoms with van der Waals surface area (Å²) in [6.07, 6.45) is 5.85. The number of hydrogen-bond donors (Lipinski definition) is 1. The fourth-order valence-corrected chi connectivity index (χ4v) is 3.45. The zero-order valence-electron chi connectivity index (χ0n) is 13.4. The Kier molecular flexibility index (Phi) is 5.80. The van der Waals surface area contributed by atoms with Gasteiger partial charge in [-0.05, 0) is 49.2 Å². The van der Waals surface area contributed by atoms with Crippen LogP contribution in [-0.4, -0.2) is 27.9 Å². The largest absolute Gasteiger partial charge is 0.353 e. The summed E-state index contributed by atoms with van der Waals surface area (Å²) >= 11 is 1.38. The fraction of sp³-hybridized carbons (Fsp3) is 0.389. The third-order valence-corrected chi connectivity index (χ3v) is 5.02. The van der Waals surface area contributed by atoms with Crippen LogP contribution in [0, 0.1) is 5.82 Å². The molecule has 1 aliphatic rings. The third-order valence-electron chi connectivity index (χ3n) is 4.10. The van der Waals surface area contributed by atoms with Crippen LogP contribution in [0.25, 0.3) is 11.3 Å². The van der Waals surface area contributed by atoms with Gasteiger partial charge in [0.05, 0.1) is 11.4 Å². The van der Waals surface area contributed by atoms with E-state index in [-0.39, 0.29) is 11.7 Å². The van der Waals surface area contributed by atoms with Crippen molar-refractivity contribution in [1.29, 1.82) is 0 Å². The number of rotatable bonds is 5. The highest BCUT2D eigenvalue weighted by Gasteiger charge is 2.15. The summed E-state index contributed by atoms with van der Waals surface area (Å²) < 4.78 is 12.9. The molecule has 24 heavy (non-hydrogen) atoms. The van der Waals surface area contributed by atoms with Crippen molar-refractivity contribution in [3.8, 4) is 11.3 Å². The SMILES string of the molecule is O=C(CSc1ccc(-c2ccc(F)cc2)nn1)NC1CCCCC1. The van der Waals surface area contributed by atoms with E-state index in [9.17, 15) is 9.18 Å². The monoisotopic (exact) mass is 345 g/mol. The van der Waals surface area contributed by atoms with Crippen LogP contribution in [0.4, 0.5) is 4.39 Å². The zero-order valence-corrected chi connectivity index (χ0v) is 14.2. The molecule has 6 heteroatoms. The quantitative estimate of drug-likeness (QED) is 0.837. The molecule has 3 rings (SSSR count). The maximum Gasteiger partial charge on any atom is 0.230 e. The second-order valence-electron chi connectivity index (χ2n) is 5.95. The molecule has 0 radical (unpaired) electrons. The maximum atomic E-state index is 12.9. The smallest absolute Gasteiger partial charge is 0.230 e. The van der Waals surface area contributed by atoms with Crippen molar-refractivity contribution in [1.82, 2.24) is 15.5 Å². The molecule has 1 aromatic heterocycles. The number of benzene rings is 1. The number of hydrogen-bond acceptors (Lipinski definition) is 4. The predicted octanol–water partition coefficient (Wildman–Crippen LogP) is 3.82. The van der Waals surface area contributed by atoms with E-state index < -0.39 is 0 Å². The molecule has 0 saturated heterocycles. The van der Waals surface area contributed by atoms with E-state index in [0.717, 1.165) is 18.4 Å². The van der Waals surface area contributed by atoms with Crippen molar-refractivity contribution in [3.05, 3.63) is 42.2 Å². The van der Waals surface area contributed by atoms with Gasteiger partial charge in [0, 0.05) is 11.6 Å². The van der Waals surface area contributed by atoms with Gasteiger partial charge in [0.15, 0.2) is 0 Å². The Balaban J connectivity index is 1.50. The number of nitrogens with one attached hydrogen (secondary N) is 1. The van der Waals surface area contributed by atoms with Crippen LogP contribution in [-0.2, 0) is 4.79 Å². The van der Waals surface area contributed by atoms with Crippen LogP contribution < -0.4 is 5.32 Å². The highest BCUT2D eigenvalue weighted by atomic mass is 32.2. The third kappa shape index (κ3) is 4.77. The minimum absolute atomic E-state index is 0.0521. The first-order chi connectivity index (χ1) is 11.7. The van der Waals surface area contributed by atoms with Crippen LogP contribution in [0.3, 0.4) is 0 Å². The topological polar surface area (TPSA) is 54.9 Å². The molecule has 1 fully saturated rings. The first-order valence-corrected chi connectivity index (χ1v) is 9.21. The number of halogens is 1.